The summed E-state index contributed by atoms with van der Waals surface area (Å²) in [6, 6.07) is 3.88. The van der Waals surface area contributed by atoms with Crippen LogP contribution in [0.5, 0.6) is 0 Å². The molecule has 0 unspecified atom stereocenters. The van der Waals surface area contributed by atoms with E-state index in [0.29, 0.717) is 15.7 Å². The average molecular weight is 345 g/mol. The van der Waals surface area contributed by atoms with E-state index in [9.17, 15) is 14.7 Å². The number of nitrogens with one attached hydrogen (secondary N) is 2. The highest BCUT2D eigenvalue weighted by Gasteiger charge is 2.28. The first kappa shape index (κ1) is 17.1. The molecule has 2 rings (SSSR count). The Morgan fingerprint density at radius 1 is 1.23 bits per heavy atom. The fraction of sp³-hybridized carbons (Fsp3) is 0.467. The number of carbonyl (C=O) groups is 2. The SMILES string of the molecule is O=C(C[C@H](C(=O)[O-])[NH+]1CCCCC1)Nc1cc(Cl)ccc1Cl. The van der Waals surface area contributed by atoms with Crippen molar-refractivity contribution in [2.24, 2.45) is 0 Å². The third-order valence-electron chi connectivity index (χ3n) is 3.87. The van der Waals surface area contributed by atoms with Crippen molar-refractivity contribution in [3.8, 4) is 0 Å². The van der Waals surface area contributed by atoms with Crippen LogP contribution in [-0.2, 0) is 9.59 Å². The van der Waals surface area contributed by atoms with Crippen LogP contribution in [0.4, 0.5) is 5.69 Å². The van der Waals surface area contributed by atoms with Gasteiger partial charge in [0.1, 0.15) is 6.04 Å². The second-order valence-electron chi connectivity index (χ2n) is 5.47. The van der Waals surface area contributed by atoms with Crippen molar-refractivity contribution in [1.29, 1.82) is 0 Å². The zero-order valence-corrected chi connectivity index (χ0v) is 13.5. The molecule has 120 valence electrons. The summed E-state index contributed by atoms with van der Waals surface area (Å²) >= 11 is 11.8. The van der Waals surface area contributed by atoms with Gasteiger partial charge >= 0.3 is 0 Å². The Hall–Kier alpha value is -1.30. The number of hydrogen-bond donors (Lipinski definition) is 2. The molecule has 1 fully saturated rings. The Kier molecular flexibility index (Phi) is 6.06. The lowest BCUT2D eigenvalue weighted by Gasteiger charge is -2.31. The van der Waals surface area contributed by atoms with Crippen molar-refractivity contribution in [3.05, 3.63) is 28.2 Å². The quantitative estimate of drug-likeness (QED) is 0.817. The molecular formula is C15H18Cl2N2O3. The van der Waals surface area contributed by atoms with E-state index in [2.05, 4.69) is 5.32 Å². The number of carbonyl (C=O) groups excluding carboxylic acids is 2. The monoisotopic (exact) mass is 344 g/mol. The zero-order valence-electron chi connectivity index (χ0n) is 12.0. The number of benzene rings is 1. The Morgan fingerprint density at radius 3 is 2.55 bits per heavy atom. The maximum Gasteiger partial charge on any atom is 0.230 e. The zero-order chi connectivity index (χ0) is 16.1. The van der Waals surface area contributed by atoms with E-state index in [1.165, 1.54) is 6.07 Å². The van der Waals surface area contributed by atoms with E-state index >= 15 is 0 Å². The number of carboxylic acids is 1. The van der Waals surface area contributed by atoms with Crippen LogP contribution in [0.15, 0.2) is 18.2 Å². The van der Waals surface area contributed by atoms with Gasteiger partial charge in [0, 0.05) is 5.02 Å². The van der Waals surface area contributed by atoms with E-state index < -0.39 is 17.9 Å². The van der Waals surface area contributed by atoms with Crippen molar-refractivity contribution in [2.75, 3.05) is 18.4 Å². The molecule has 2 N–H and O–H groups in total. The van der Waals surface area contributed by atoms with Crippen LogP contribution in [-0.4, -0.2) is 31.0 Å². The lowest BCUT2D eigenvalue weighted by molar-refractivity contribution is -0.922. The van der Waals surface area contributed by atoms with Gasteiger partial charge in [0.25, 0.3) is 0 Å². The highest BCUT2D eigenvalue weighted by Crippen LogP contribution is 2.25. The predicted molar refractivity (Wildman–Crippen MR) is 83.1 cm³/mol. The molecule has 5 nitrogen and oxygen atoms in total. The van der Waals surface area contributed by atoms with Crippen LogP contribution in [0.3, 0.4) is 0 Å². The summed E-state index contributed by atoms with van der Waals surface area (Å²) in [6.07, 6.45) is 2.91. The largest absolute Gasteiger partial charge is 0.544 e. The number of likely N-dealkylation sites (tertiary alicyclic amines) is 1. The molecule has 1 heterocycles. The summed E-state index contributed by atoms with van der Waals surface area (Å²) in [5.74, 6) is -1.60. The number of anilines is 1. The maximum atomic E-state index is 12.1. The van der Waals surface area contributed by atoms with Crippen LogP contribution in [0, 0.1) is 0 Å². The summed E-state index contributed by atoms with van der Waals surface area (Å²) in [5, 5.41) is 14.8. The number of quaternary nitrogens is 1. The van der Waals surface area contributed by atoms with Gasteiger partial charge in [-0.25, -0.2) is 0 Å². The fourth-order valence-electron chi connectivity index (χ4n) is 2.73. The van der Waals surface area contributed by atoms with Gasteiger partial charge in [-0.15, -0.1) is 0 Å². The molecule has 22 heavy (non-hydrogen) atoms. The molecule has 1 amide bonds. The van der Waals surface area contributed by atoms with Gasteiger partial charge in [-0.1, -0.05) is 23.2 Å². The molecule has 7 heteroatoms. The number of carboxylic acid groups (broad SMARTS) is 1. The Labute approximate surface area is 139 Å². The molecule has 0 spiro atoms. The number of amides is 1. The van der Waals surface area contributed by atoms with E-state index in [0.717, 1.165) is 37.3 Å². The molecule has 1 saturated heterocycles. The topological polar surface area (TPSA) is 73.7 Å². The van der Waals surface area contributed by atoms with Gasteiger partial charge in [-0.2, -0.15) is 0 Å². The minimum absolute atomic E-state index is 0.138. The standard InChI is InChI=1S/C15H18Cl2N2O3/c16-10-4-5-11(17)12(8-10)18-14(20)9-13(15(21)22)19-6-2-1-3-7-19/h4-5,8,13H,1-3,6-7,9H2,(H,18,20)(H,21,22)/t13-/m1/s1. The molecule has 0 bridgehead atoms. The average Bonchev–Trinajstić information content (AvgIpc) is 2.49. The molecule has 1 aromatic rings. The van der Waals surface area contributed by atoms with Gasteiger partial charge in [-0.3, -0.25) is 4.79 Å². The van der Waals surface area contributed by atoms with Gasteiger partial charge in [0.15, 0.2) is 0 Å². The molecular weight excluding hydrogens is 327 g/mol. The van der Waals surface area contributed by atoms with E-state index in [4.69, 9.17) is 23.2 Å². The Balaban J connectivity index is 2.01. The van der Waals surface area contributed by atoms with Gasteiger partial charge in [-0.05, 0) is 37.5 Å². The van der Waals surface area contributed by atoms with Gasteiger partial charge in [0.05, 0.1) is 36.2 Å². The molecule has 0 aromatic heterocycles. The lowest BCUT2D eigenvalue weighted by Crippen LogP contribution is -3.18. The molecule has 1 atom stereocenters. The maximum absolute atomic E-state index is 12.1. The van der Waals surface area contributed by atoms with Crippen molar-refractivity contribution in [2.45, 2.75) is 31.7 Å². The summed E-state index contributed by atoms with van der Waals surface area (Å²) < 4.78 is 0. The molecule has 1 aliphatic heterocycles. The first-order chi connectivity index (χ1) is 10.5. The van der Waals surface area contributed by atoms with Crippen molar-refractivity contribution >= 4 is 40.8 Å². The number of piperidine rings is 1. The molecule has 0 saturated carbocycles. The Bertz CT molecular complexity index is 560. The summed E-state index contributed by atoms with van der Waals surface area (Å²) in [7, 11) is 0. The predicted octanol–water partition coefficient (Wildman–Crippen LogP) is 0.509. The van der Waals surface area contributed by atoms with Crippen LogP contribution in [0.2, 0.25) is 10.0 Å². The second kappa shape index (κ2) is 7.81. The fourth-order valence-corrected chi connectivity index (χ4v) is 3.07. The van der Waals surface area contributed by atoms with E-state index in [-0.39, 0.29) is 6.42 Å². The molecule has 0 aliphatic carbocycles. The van der Waals surface area contributed by atoms with Crippen molar-refractivity contribution in [1.82, 2.24) is 0 Å². The molecule has 1 aromatic carbocycles. The number of rotatable bonds is 5. The van der Waals surface area contributed by atoms with Gasteiger partial charge in [0.2, 0.25) is 5.91 Å². The number of halogens is 2. The second-order valence-corrected chi connectivity index (χ2v) is 6.31. The summed E-state index contributed by atoms with van der Waals surface area (Å²) in [6.45, 7) is 1.51. The third-order valence-corrected chi connectivity index (χ3v) is 4.43. The lowest BCUT2D eigenvalue weighted by atomic mass is 10.1. The highest BCUT2D eigenvalue weighted by atomic mass is 35.5. The molecule has 1 aliphatic rings. The first-order valence-electron chi connectivity index (χ1n) is 7.27. The normalized spacial score (nSPS) is 17.0. The first-order valence-corrected chi connectivity index (χ1v) is 8.03. The minimum Gasteiger partial charge on any atom is -0.544 e. The Morgan fingerprint density at radius 2 is 1.91 bits per heavy atom. The van der Waals surface area contributed by atoms with Crippen LogP contribution >= 0.6 is 23.2 Å². The summed E-state index contributed by atoms with van der Waals surface area (Å²) in [4.78, 5) is 24.4. The van der Waals surface area contributed by atoms with Crippen LogP contribution in [0.1, 0.15) is 25.7 Å². The smallest absolute Gasteiger partial charge is 0.230 e. The van der Waals surface area contributed by atoms with E-state index in [1.807, 2.05) is 0 Å². The minimum atomic E-state index is -1.19. The van der Waals surface area contributed by atoms with Crippen LogP contribution < -0.4 is 15.3 Å². The van der Waals surface area contributed by atoms with Crippen molar-refractivity contribution < 1.29 is 19.6 Å². The van der Waals surface area contributed by atoms with Crippen LogP contribution in [0.25, 0.3) is 0 Å². The van der Waals surface area contributed by atoms with Gasteiger partial charge < -0.3 is 20.1 Å². The van der Waals surface area contributed by atoms with Crippen molar-refractivity contribution in [3.63, 3.8) is 0 Å². The molecule has 0 radical (unpaired) electrons. The number of hydrogen-bond acceptors (Lipinski definition) is 3. The van der Waals surface area contributed by atoms with E-state index in [1.54, 1.807) is 12.1 Å². The highest BCUT2D eigenvalue weighted by molar-refractivity contribution is 6.35. The summed E-state index contributed by atoms with van der Waals surface area (Å²) in [5.41, 5.74) is 0.380. The third kappa shape index (κ3) is 4.60. The number of aliphatic carboxylic acids is 1.